The van der Waals surface area contributed by atoms with Gasteiger partial charge in [0.25, 0.3) is 0 Å². The molecule has 11 atom stereocenters. The molecule has 3 heterocycles. The zero-order valence-electron chi connectivity index (χ0n) is 15.2. The number of rotatable bonds is 5. The smallest absolute Gasteiger partial charge is 0.186 e. The topological polar surface area (TPSA) is 191 Å². The van der Waals surface area contributed by atoms with Gasteiger partial charge in [-0.25, -0.2) is 0 Å². The van der Waals surface area contributed by atoms with Crippen LogP contribution >= 0.6 is 0 Å². The third-order valence-electron chi connectivity index (χ3n) is 5.37. The van der Waals surface area contributed by atoms with Gasteiger partial charge in [0.1, 0.15) is 54.9 Å². The summed E-state index contributed by atoms with van der Waals surface area (Å²) in [5.41, 5.74) is 0.273. The third kappa shape index (κ3) is 4.03. The second-order valence-electron chi connectivity index (χ2n) is 7.25. The first-order chi connectivity index (χ1) is 13.3. The van der Waals surface area contributed by atoms with Crippen molar-refractivity contribution < 1.29 is 54.8 Å². The predicted molar refractivity (Wildman–Crippen MR) is 89.0 cm³/mol. The van der Waals surface area contributed by atoms with E-state index in [0.29, 0.717) is 0 Å². The van der Waals surface area contributed by atoms with Crippen LogP contribution in [0.1, 0.15) is 12.8 Å². The Balaban J connectivity index is 1.60. The molecule has 0 bridgehead atoms. The zero-order chi connectivity index (χ0) is 20.6. The number of hydrogen-bond donors (Lipinski definition) is 7. The molecule has 3 aliphatic rings. The summed E-state index contributed by atoms with van der Waals surface area (Å²) >= 11 is 0. The lowest BCUT2D eigenvalue weighted by Gasteiger charge is -2.40. The van der Waals surface area contributed by atoms with E-state index in [1.165, 1.54) is 7.11 Å². The minimum atomic E-state index is -1.50. The SMILES string of the molecule is CO[C@H]1O[C@H](C2=NO[C@@H](C[C@H]3O[C@H](CO)[C@@H](O)[C@H](O)[C@@H]3O)C2)[C@@H](O)[C@H](O)[C@H]1O. The van der Waals surface area contributed by atoms with E-state index in [9.17, 15) is 35.7 Å². The average Bonchev–Trinajstić information content (AvgIpc) is 3.15. The van der Waals surface area contributed by atoms with Gasteiger partial charge in [-0.15, -0.1) is 0 Å². The van der Waals surface area contributed by atoms with Crippen molar-refractivity contribution in [1.82, 2.24) is 0 Å². The van der Waals surface area contributed by atoms with Crippen LogP contribution in [-0.2, 0) is 19.0 Å². The van der Waals surface area contributed by atoms with Gasteiger partial charge in [-0.05, 0) is 0 Å². The van der Waals surface area contributed by atoms with E-state index >= 15 is 0 Å². The van der Waals surface area contributed by atoms with Crippen LogP contribution in [0.4, 0.5) is 0 Å². The summed E-state index contributed by atoms with van der Waals surface area (Å²) in [5, 5.41) is 72.9. The lowest BCUT2D eigenvalue weighted by molar-refractivity contribution is -0.275. The van der Waals surface area contributed by atoms with Crippen molar-refractivity contribution in [3.05, 3.63) is 0 Å². The van der Waals surface area contributed by atoms with Gasteiger partial charge in [0, 0.05) is 20.0 Å². The molecule has 3 aliphatic heterocycles. The first-order valence-electron chi connectivity index (χ1n) is 9.04. The molecule has 0 aromatic heterocycles. The molecule has 3 rings (SSSR count). The summed E-state index contributed by atoms with van der Waals surface area (Å²) in [4.78, 5) is 5.29. The Hall–Kier alpha value is -0.930. The van der Waals surface area contributed by atoms with Crippen LogP contribution in [0.2, 0.25) is 0 Å². The van der Waals surface area contributed by atoms with Crippen molar-refractivity contribution in [2.45, 2.75) is 80.2 Å². The van der Waals surface area contributed by atoms with E-state index < -0.39 is 73.9 Å². The number of ether oxygens (including phenoxy) is 3. The minimum Gasteiger partial charge on any atom is -0.394 e. The molecule has 2 saturated heterocycles. The molecule has 2 fully saturated rings. The maximum atomic E-state index is 10.2. The van der Waals surface area contributed by atoms with Gasteiger partial charge in [0.2, 0.25) is 0 Å². The normalized spacial score (nSPS) is 49.6. The van der Waals surface area contributed by atoms with Gasteiger partial charge in [0.15, 0.2) is 6.29 Å². The molecule has 0 spiro atoms. The molecule has 12 nitrogen and oxygen atoms in total. The summed E-state index contributed by atoms with van der Waals surface area (Å²) in [6.45, 7) is -0.532. The van der Waals surface area contributed by atoms with Crippen LogP contribution < -0.4 is 0 Å². The Labute approximate surface area is 160 Å². The van der Waals surface area contributed by atoms with Gasteiger partial charge in [-0.3, -0.25) is 0 Å². The summed E-state index contributed by atoms with van der Waals surface area (Å²) in [5.74, 6) is 0. The summed E-state index contributed by atoms with van der Waals surface area (Å²) < 4.78 is 15.9. The van der Waals surface area contributed by atoms with E-state index in [1.807, 2.05) is 0 Å². The number of hydrogen-bond acceptors (Lipinski definition) is 12. The van der Waals surface area contributed by atoms with E-state index in [1.54, 1.807) is 0 Å². The van der Waals surface area contributed by atoms with Gasteiger partial charge in [-0.2, -0.15) is 0 Å². The van der Waals surface area contributed by atoms with Crippen molar-refractivity contribution in [3.8, 4) is 0 Å². The van der Waals surface area contributed by atoms with E-state index in [-0.39, 0.29) is 18.6 Å². The number of aliphatic hydroxyl groups excluding tert-OH is 7. The van der Waals surface area contributed by atoms with Crippen molar-refractivity contribution in [1.29, 1.82) is 0 Å². The Morgan fingerprint density at radius 3 is 2.18 bits per heavy atom. The van der Waals surface area contributed by atoms with Crippen LogP contribution in [0.3, 0.4) is 0 Å². The first kappa shape index (κ1) is 21.8. The second kappa shape index (κ2) is 8.83. The molecule has 0 unspecified atom stereocenters. The molecule has 0 amide bonds. The molecule has 28 heavy (non-hydrogen) atoms. The highest BCUT2D eigenvalue weighted by molar-refractivity contribution is 5.90. The van der Waals surface area contributed by atoms with Crippen molar-refractivity contribution in [3.63, 3.8) is 0 Å². The maximum Gasteiger partial charge on any atom is 0.186 e. The van der Waals surface area contributed by atoms with Gasteiger partial charge in [-0.1, -0.05) is 5.16 Å². The maximum absolute atomic E-state index is 10.2. The van der Waals surface area contributed by atoms with Gasteiger partial charge in [0.05, 0.1) is 18.4 Å². The molecule has 7 N–H and O–H groups in total. The van der Waals surface area contributed by atoms with Crippen LogP contribution in [-0.4, -0.2) is 123 Å². The standard InChI is InChI=1S/C16H27NO11/c1-25-16-14(24)12(22)13(23)15(27-16)6-2-5(28-17-6)3-7-9(19)11(21)10(20)8(4-18)26-7/h5,7-16,18-24H,2-4H2,1H3/t5-,7-,8-,9-,10-,11-,12+,13+,14-,15-,16+/m1/s1. The van der Waals surface area contributed by atoms with Crippen LogP contribution in [0.25, 0.3) is 0 Å². The molecule has 162 valence electrons. The molecule has 0 aliphatic carbocycles. The highest BCUT2D eigenvalue weighted by Crippen LogP contribution is 2.30. The largest absolute Gasteiger partial charge is 0.394 e. The van der Waals surface area contributed by atoms with Crippen LogP contribution in [0.15, 0.2) is 5.16 Å². The summed E-state index contributed by atoms with van der Waals surface area (Å²) in [7, 11) is 1.28. The van der Waals surface area contributed by atoms with Crippen molar-refractivity contribution in [2.75, 3.05) is 13.7 Å². The number of methoxy groups -OCH3 is 1. The van der Waals surface area contributed by atoms with Crippen molar-refractivity contribution in [2.24, 2.45) is 5.16 Å². The fourth-order valence-corrected chi connectivity index (χ4v) is 3.70. The fraction of sp³-hybridized carbons (Fsp3) is 0.938. The predicted octanol–water partition coefficient (Wildman–Crippen LogP) is -4.18. The average molecular weight is 409 g/mol. The van der Waals surface area contributed by atoms with E-state index in [0.717, 1.165) is 0 Å². The quantitative estimate of drug-likeness (QED) is 0.233. The monoisotopic (exact) mass is 409 g/mol. The molecule has 0 saturated carbocycles. The summed E-state index contributed by atoms with van der Waals surface area (Å²) in [6.07, 6.45) is -13.2. The van der Waals surface area contributed by atoms with Crippen LogP contribution in [0, 0.1) is 0 Å². The zero-order valence-corrected chi connectivity index (χ0v) is 15.2. The van der Waals surface area contributed by atoms with E-state index in [2.05, 4.69) is 5.16 Å². The fourth-order valence-electron chi connectivity index (χ4n) is 3.70. The van der Waals surface area contributed by atoms with E-state index in [4.69, 9.17) is 19.0 Å². The lowest BCUT2D eigenvalue weighted by atomic mass is 9.90. The first-order valence-corrected chi connectivity index (χ1v) is 9.04. The molecular weight excluding hydrogens is 382 g/mol. The van der Waals surface area contributed by atoms with Gasteiger partial charge < -0.3 is 54.8 Å². The number of aliphatic hydroxyl groups is 7. The highest BCUT2D eigenvalue weighted by atomic mass is 16.7. The molecule has 0 radical (unpaired) electrons. The highest BCUT2D eigenvalue weighted by Gasteiger charge is 2.49. The summed E-state index contributed by atoms with van der Waals surface area (Å²) in [6, 6.07) is 0. The molecular formula is C16H27NO11. The Bertz CT molecular complexity index is 559. The van der Waals surface area contributed by atoms with Gasteiger partial charge >= 0.3 is 0 Å². The lowest BCUT2D eigenvalue weighted by Crippen LogP contribution is -2.60. The molecule has 0 aromatic carbocycles. The minimum absolute atomic E-state index is 0.0795. The number of nitrogens with zero attached hydrogens (tertiary/aromatic N) is 1. The van der Waals surface area contributed by atoms with Crippen molar-refractivity contribution >= 4 is 5.71 Å². The Kier molecular flexibility index (Phi) is 6.87. The van der Waals surface area contributed by atoms with Crippen LogP contribution in [0.5, 0.6) is 0 Å². The number of oxime groups is 1. The Morgan fingerprint density at radius 2 is 1.54 bits per heavy atom. The molecule has 12 heteroatoms. The third-order valence-corrected chi connectivity index (χ3v) is 5.37. The second-order valence-corrected chi connectivity index (χ2v) is 7.25. The Morgan fingerprint density at radius 1 is 0.893 bits per heavy atom. The molecule has 0 aromatic rings.